The Labute approximate surface area is 110 Å². The van der Waals surface area contributed by atoms with Gasteiger partial charge in [0, 0.05) is 0 Å². The molecule has 0 spiro atoms. The van der Waals surface area contributed by atoms with Crippen molar-refractivity contribution >= 4 is 10.1 Å². The van der Waals surface area contributed by atoms with Gasteiger partial charge in [-0.2, -0.15) is 0 Å². The van der Waals surface area contributed by atoms with E-state index in [1.807, 2.05) is 6.92 Å². The summed E-state index contributed by atoms with van der Waals surface area (Å²) in [6, 6.07) is 6.80. The Morgan fingerprint density at radius 1 is 1.25 bits per heavy atom. The van der Waals surface area contributed by atoms with Crippen LogP contribution in [-0.2, 0) is 37.2 Å². The molecule has 0 heterocycles. The molecule has 0 aliphatic heterocycles. The van der Waals surface area contributed by atoms with Gasteiger partial charge in [-0.15, -0.1) is 0 Å². The van der Waals surface area contributed by atoms with Crippen molar-refractivity contribution in [3.05, 3.63) is 29.8 Å². The van der Waals surface area contributed by atoms with E-state index in [4.69, 9.17) is 2.09 Å². The maximum absolute atomic E-state index is 11.7. The summed E-state index contributed by atoms with van der Waals surface area (Å²) in [6.07, 6.45) is 2.19. The van der Waals surface area contributed by atoms with Crippen molar-refractivity contribution in [2.24, 2.45) is 0 Å². The van der Waals surface area contributed by atoms with E-state index in [0.717, 1.165) is 22.3 Å². The molecule has 0 radical (unpaired) electrons. The van der Waals surface area contributed by atoms with Crippen LogP contribution in [0.2, 0.25) is 3.93 Å². The van der Waals surface area contributed by atoms with Gasteiger partial charge in [-0.3, -0.25) is 0 Å². The fraction of sp³-hybridized carbons (Fsp3) is 0.455. The third-order valence-electron chi connectivity index (χ3n) is 2.30. The molecule has 0 aliphatic carbocycles. The van der Waals surface area contributed by atoms with Gasteiger partial charge in [0.15, 0.2) is 0 Å². The summed E-state index contributed by atoms with van der Waals surface area (Å²) >= 11 is -1.67. The van der Waals surface area contributed by atoms with Crippen LogP contribution in [0.1, 0.15) is 25.3 Å². The molecule has 0 amide bonds. The van der Waals surface area contributed by atoms with Gasteiger partial charge < -0.3 is 0 Å². The molecular formula is C11H16HgO3S. The zero-order valence-corrected chi connectivity index (χ0v) is 16.1. The predicted molar refractivity (Wildman–Crippen MR) is 59.2 cm³/mol. The van der Waals surface area contributed by atoms with Crippen molar-refractivity contribution < 1.29 is 35.5 Å². The number of benzene rings is 1. The summed E-state index contributed by atoms with van der Waals surface area (Å²) in [5.74, 6) is 0. The molecular weight excluding hydrogens is 413 g/mol. The second-order valence-corrected chi connectivity index (χ2v) is 12.5. The van der Waals surface area contributed by atoms with Crippen LogP contribution in [0.3, 0.4) is 0 Å². The van der Waals surface area contributed by atoms with E-state index < -0.39 is 35.1 Å². The Bertz CT molecular complexity index is 411. The van der Waals surface area contributed by atoms with Crippen molar-refractivity contribution in [2.45, 2.75) is 35.5 Å². The molecule has 1 aromatic carbocycles. The van der Waals surface area contributed by atoms with Crippen molar-refractivity contribution in [1.29, 1.82) is 0 Å². The maximum atomic E-state index is 11.7. The van der Waals surface area contributed by atoms with Crippen LogP contribution in [0, 0.1) is 6.92 Å². The van der Waals surface area contributed by atoms with Gasteiger partial charge in [-0.25, -0.2) is 0 Å². The normalized spacial score (nSPS) is 11.1. The van der Waals surface area contributed by atoms with Crippen LogP contribution in [0.4, 0.5) is 0 Å². The first-order chi connectivity index (χ1) is 7.56. The van der Waals surface area contributed by atoms with E-state index in [1.165, 1.54) is 0 Å². The topological polar surface area (TPSA) is 43.4 Å². The fourth-order valence-electron chi connectivity index (χ4n) is 1.29. The molecule has 1 aromatic rings. The summed E-state index contributed by atoms with van der Waals surface area (Å²) in [5, 5.41) is 0. The molecule has 0 aliphatic rings. The summed E-state index contributed by atoms with van der Waals surface area (Å²) in [6.45, 7) is 4.03. The van der Waals surface area contributed by atoms with Gasteiger partial charge >= 0.3 is 111 Å². The molecule has 0 bridgehead atoms. The summed E-state index contributed by atoms with van der Waals surface area (Å²) in [7, 11) is -3.46. The van der Waals surface area contributed by atoms with E-state index in [2.05, 4.69) is 6.92 Å². The zero-order valence-electron chi connectivity index (χ0n) is 9.77. The first-order valence-corrected chi connectivity index (χ1v) is 13.1. The van der Waals surface area contributed by atoms with Gasteiger partial charge in [0.25, 0.3) is 0 Å². The Kier molecular flexibility index (Phi) is 5.93. The molecule has 0 N–H and O–H groups in total. The van der Waals surface area contributed by atoms with Gasteiger partial charge in [-0.1, -0.05) is 0 Å². The van der Waals surface area contributed by atoms with Crippen LogP contribution in [0.25, 0.3) is 0 Å². The van der Waals surface area contributed by atoms with Crippen LogP contribution in [0.15, 0.2) is 29.2 Å². The van der Waals surface area contributed by atoms with E-state index in [9.17, 15) is 8.42 Å². The van der Waals surface area contributed by atoms with Gasteiger partial charge in [-0.05, 0) is 0 Å². The van der Waals surface area contributed by atoms with E-state index in [0.29, 0.717) is 0 Å². The van der Waals surface area contributed by atoms with E-state index in [-0.39, 0.29) is 4.90 Å². The summed E-state index contributed by atoms with van der Waals surface area (Å²) in [5.41, 5.74) is 1.05. The SMILES string of the molecule is CCC[CH2][Hg][O]S(=O)(=O)c1ccc(C)cc1. The van der Waals surface area contributed by atoms with Crippen LogP contribution in [-0.4, -0.2) is 8.42 Å². The second-order valence-electron chi connectivity index (χ2n) is 3.80. The second kappa shape index (κ2) is 6.72. The molecule has 16 heavy (non-hydrogen) atoms. The molecule has 0 atom stereocenters. The van der Waals surface area contributed by atoms with Crippen LogP contribution < -0.4 is 0 Å². The van der Waals surface area contributed by atoms with Crippen molar-refractivity contribution in [3.8, 4) is 0 Å². The van der Waals surface area contributed by atoms with Gasteiger partial charge in [0.2, 0.25) is 0 Å². The molecule has 0 fully saturated rings. The first kappa shape index (κ1) is 14.1. The molecule has 86 valence electrons. The van der Waals surface area contributed by atoms with Crippen molar-refractivity contribution in [2.75, 3.05) is 0 Å². The van der Waals surface area contributed by atoms with Gasteiger partial charge in [0.1, 0.15) is 0 Å². The van der Waals surface area contributed by atoms with Crippen molar-refractivity contribution in [1.82, 2.24) is 0 Å². The number of rotatable bonds is 6. The van der Waals surface area contributed by atoms with Crippen LogP contribution in [0.5, 0.6) is 0 Å². The van der Waals surface area contributed by atoms with E-state index in [1.54, 1.807) is 24.3 Å². The molecule has 0 aromatic heterocycles. The molecule has 5 heteroatoms. The monoisotopic (exact) mass is 430 g/mol. The third-order valence-corrected chi connectivity index (χ3v) is 12.3. The fourth-order valence-corrected chi connectivity index (χ4v) is 10.5. The van der Waals surface area contributed by atoms with Crippen LogP contribution >= 0.6 is 0 Å². The first-order valence-electron chi connectivity index (χ1n) is 5.52. The number of hydrogen-bond acceptors (Lipinski definition) is 3. The average molecular weight is 429 g/mol. The Morgan fingerprint density at radius 3 is 2.44 bits per heavy atom. The minimum atomic E-state index is -3.46. The third kappa shape index (κ3) is 4.51. The number of hydrogen-bond donors (Lipinski definition) is 0. The Balaban J connectivity index is 2.60. The van der Waals surface area contributed by atoms with E-state index >= 15 is 0 Å². The molecule has 0 saturated heterocycles. The average Bonchev–Trinajstić information content (AvgIpc) is 2.25. The summed E-state index contributed by atoms with van der Waals surface area (Å²) < 4.78 is 29.6. The Morgan fingerprint density at radius 2 is 1.88 bits per heavy atom. The molecule has 1 rings (SSSR count). The molecule has 0 unspecified atom stereocenters. The predicted octanol–water partition coefficient (Wildman–Crippen LogP) is 2.92. The molecule has 0 saturated carbocycles. The Hall–Kier alpha value is 0.0651. The molecule has 3 nitrogen and oxygen atoms in total. The minimum absolute atomic E-state index is 0.287. The van der Waals surface area contributed by atoms with Gasteiger partial charge in [0.05, 0.1) is 0 Å². The number of aryl methyl sites for hydroxylation is 1. The van der Waals surface area contributed by atoms with Crippen molar-refractivity contribution in [3.63, 3.8) is 0 Å². The quantitative estimate of drug-likeness (QED) is 0.517. The zero-order chi connectivity index (χ0) is 12.0. The summed E-state index contributed by atoms with van der Waals surface area (Å²) in [4.78, 5) is 0.287. The number of unbranched alkanes of at least 4 members (excludes halogenated alkanes) is 1. The standard InChI is InChI=1S/C7H8O3S.C4H9.Hg/c1-6-2-4-7(5-3-6)11(8,9)10;1-3-4-2;/h2-5H,1H3,(H,8,9,10);1,3-4H2,2H3;/q;;+1/p-1.